The number of aryl methyl sites for hydroxylation is 2. The van der Waals surface area contributed by atoms with Crippen LogP contribution in [0.3, 0.4) is 0 Å². The Hall–Kier alpha value is -3.59. The molecule has 0 saturated heterocycles. The van der Waals surface area contributed by atoms with Gasteiger partial charge >= 0.3 is 0 Å². The Balaban J connectivity index is 1.68. The highest BCUT2D eigenvalue weighted by Crippen LogP contribution is 2.26. The summed E-state index contributed by atoms with van der Waals surface area (Å²) in [5.74, 6) is -0.933. The molecule has 0 aliphatic heterocycles. The quantitative estimate of drug-likeness (QED) is 0.390. The van der Waals surface area contributed by atoms with E-state index < -0.39 is 11.8 Å². The zero-order chi connectivity index (χ0) is 21.5. The van der Waals surface area contributed by atoms with Crippen molar-refractivity contribution < 1.29 is 9.59 Å². The Bertz CT molecular complexity index is 1000. The number of benzene rings is 2. The Kier molecular flexibility index (Phi) is 6.87. The van der Waals surface area contributed by atoms with Crippen molar-refractivity contribution in [1.82, 2.24) is 10.6 Å². The van der Waals surface area contributed by atoms with E-state index in [0.717, 1.165) is 24.6 Å². The zero-order valence-corrected chi connectivity index (χ0v) is 17.1. The molecule has 1 aliphatic rings. The minimum absolute atomic E-state index is 0.157. The molecule has 2 amide bonds. The lowest BCUT2D eigenvalue weighted by atomic mass is 9.88. The molecule has 0 radical (unpaired) electrons. The molecule has 6 nitrogen and oxygen atoms in total. The lowest BCUT2D eigenvalue weighted by Gasteiger charge is -2.21. The molecule has 2 aromatic carbocycles. The maximum atomic E-state index is 12.6. The van der Waals surface area contributed by atoms with Crippen LogP contribution >= 0.6 is 0 Å². The number of rotatable bonds is 6. The summed E-state index contributed by atoms with van der Waals surface area (Å²) in [4.78, 5) is 24.8. The Morgan fingerprint density at radius 2 is 1.83 bits per heavy atom. The highest BCUT2D eigenvalue weighted by Gasteiger charge is 2.18. The second-order valence-corrected chi connectivity index (χ2v) is 7.43. The fourth-order valence-electron chi connectivity index (χ4n) is 3.63. The fourth-order valence-corrected chi connectivity index (χ4v) is 3.63. The summed E-state index contributed by atoms with van der Waals surface area (Å²) in [6.45, 7) is 1.99. The lowest BCUT2D eigenvalue weighted by Crippen LogP contribution is -2.30. The second kappa shape index (κ2) is 9.75. The summed E-state index contributed by atoms with van der Waals surface area (Å²) < 4.78 is 0. The number of anilines is 1. The van der Waals surface area contributed by atoms with Crippen LogP contribution in [0.4, 0.5) is 5.69 Å². The zero-order valence-electron chi connectivity index (χ0n) is 17.1. The Labute approximate surface area is 176 Å². The van der Waals surface area contributed by atoms with Crippen LogP contribution in [-0.4, -0.2) is 11.8 Å². The predicted molar refractivity (Wildman–Crippen MR) is 116 cm³/mol. The molecule has 0 fully saturated rings. The minimum Gasteiger partial charge on any atom is -0.399 e. The first kappa shape index (κ1) is 21.1. The first-order valence-electron chi connectivity index (χ1n) is 10.2. The molecule has 1 aliphatic carbocycles. The highest BCUT2D eigenvalue weighted by molar-refractivity contribution is 5.99. The molecule has 0 heterocycles. The summed E-state index contributed by atoms with van der Waals surface area (Å²) in [7, 11) is 0. The van der Waals surface area contributed by atoms with Crippen molar-refractivity contribution in [3.63, 3.8) is 0 Å². The number of nitrogens with one attached hydrogen (secondary N) is 2. The van der Waals surface area contributed by atoms with E-state index in [2.05, 4.69) is 28.8 Å². The number of fused-ring (bicyclic) bond motifs is 1. The van der Waals surface area contributed by atoms with Gasteiger partial charge in [0.2, 0.25) is 0 Å². The molecule has 0 spiro atoms. The average molecular weight is 402 g/mol. The lowest BCUT2D eigenvalue weighted by molar-refractivity contribution is -0.117. The largest absolute Gasteiger partial charge is 0.399 e. The van der Waals surface area contributed by atoms with Gasteiger partial charge in [0.15, 0.2) is 0 Å². The van der Waals surface area contributed by atoms with Crippen molar-refractivity contribution >= 4 is 17.5 Å². The number of nitrogen functional groups attached to an aromatic ring is 1. The molecule has 1 unspecified atom stereocenters. The van der Waals surface area contributed by atoms with E-state index in [1.165, 1.54) is 24.0 Å². The van der Waals surface area contributed by atoms with Crippen molar-refractivity contribution in [3.8, 4) is 6.07 Å². The number of nitriles is 1. The molecule has 30 heavy (non-hydrogen) atoms. The SMILES string of the molecule is CCC(NC(=O)/C(C#N)=C\NC(=O)c1ccc(N)cc1)c1ccc2c(c1)CCCC2. The Morgan fingerprint density at radius 1 is 1.13 bits per heavy atom. The molecule has 154 valence electrons. The van der Waals surface area contributed by atoms with E-state index >= 15 is 0 Å². The van der Waals surface area contributed by atoms with Gasteiger partial charge < -0.3 is 16.4 Å². The summed E-state index contributed by atoms with van der Waals surface area (Å²) in [5.41, 5.74) is 10.2. The number of amides is 2. The van der Waals surface area contributed by atoms with E-state index in [-0.39, 0.29) is 11.6 Å². The van der Waals surface area contributed by atoms with Crippen LogP contribution in [0.2, 0.25) is 0 Å². The minimum atomic E-state index is -0.514. The predicted octanol–water partition coefficient (Wildman–Crippen LogP) is 3.55. The summed E-state index contributed by atoms with van der Waals surface area (Å²) in [6, 6.07) is 14.4. The van der Waals surface area contributed by atoms with Crippen molar-refractivity contribution in [2.24, 2.45) is 0 Å². The highest BCUT2D eigenvalue weighted by atomic mass is 16.2. The normalized spacial score (nSPS) is 14.2. The van der Waals surface area contributed by atoms with Gasteiger partial charge in [-0.2, -0.15) is 5.26 Å². The van der Waals surface area contributed by atoms with Gasteiger partial charge in [0.1, 0.15) is 11.6 Å². The molecule has 2 aromatic rings. The summed E-state index contributed by atoms with van der Waals surface area (Å²) in [5, 5.41) is 14.8. The van der Waals surface area contributed by atoms with E-state index in [9.17, 15) is 14.9 Å². The van der Waals surface area contributed by atoms with Gasteiger partial charge in [-0.3, -0.25) is 9.59 Å². The van der Waals surface area contributed by atoms with E-state index in [0.29, 0.717) is 17.7 Å². The third-order valence-corrected chi connectivity index (χ3v) is 5.37. The van der Waals surface area contributed by atoms with Crippen LogP contribution < -0.4 is 16.4 Å². The monoisotopic (exact) mass is 402 g/mol. The van der Waals surface area contributed by atoms with Gasteiger partial charge in [-0.15, -0.1) is 0 Å². The van der Waals surface area contributed by atoms with Crippen LogP contribution in [-0.2, 0) is 17.6 Å². The van der Waals surface area contributed by atoms with Gasteiger partial charge in [0.05, 0.1) is 6.04 Å². The van der Waals surface area contributed by atoms with Gasteiger partial charge in [-0.25, -0.2) is 0 Å². The van der Waals surface area contributed by atoms with Crippen LogP contribution in [0.15, 0.2) is 54.2 Å². The molecule has 4 N–H and O–H groups in total. The molecule has 0 saturated carbocycles. The van der Waals surface area contributed by atoms with Gasteiger partial charge in [0, 0.05) is 17.5 Å². The van der Waals surface area contributed by atoms with Crippen LogP contribution in [0.25, 0.3) is 0 Å². The van der Waals surface area contributed by atoms with Crippen LogP contribution in [0.1, 0.15) is 59.3 Å². The van der Waals surface area contributed by atoms with E-state index in [1.54, 1.807) is 24.3 Å². The molecule has 6 heteroatoms. The second-order valence-electron chi connectivity index (χ2n) is 7.43. The van der Waals surface area contributed by atoms with Crippen LogP contribution in [0, 0.1) is 11.3 Å². The molecular weight excluding hydrogens is 376 g/mol. The molecule has 0 aromatic heterocycles. The van der Waals surface area contributed by atoms with Crippen molar-refractivity contribution in [2.45, 2.75) is 45.1 Å². The Morgan fingerprint density at radius 3 is 2.50 bits per heavy atom. The van der Waals surface area contributed by atoms with Gasteiger partial charge in [-0.1, -0.05) is 25.1 Å². The van der Waals surface area contributed by atoms with E-state index in [1.807, 2.05) is 13.0 Å². The first-order chi connectivity index (χ1) is 14.5. The smallest absolute Gasteiger partial charge is 0.263 e. The average Bonchev–Trinajstić information content (AvgIpc) is 2.77. The molecule has 1 atom stereocenters. The van der Waals surface area contributed by atoms with Crippen LogP contribution in [0.5, 0.6) is 0 Å². The number of hydrogen-bond donors (Lipinski definition) is 3. The molecule has 3 rings (SSSR count). The van der Waals surface area contributed by atoms with E-state index in [4.69, 9.17) is 5.73 Å². The molecule has 0 bridgehead atoms. The number of carbonyl (C=O) groups excluding carboxylic acids is 2. The standard InChI is InChI=1S/C24H26N4O2/c1-2-22(19-8-7-16-5-3-4-6-18(16)13-19)28-24(30)20(14-25)15-27-23(29)17-9-11-21(26)12-10-17/h7-13,15,22H,2-6,26H2,1H3,(H,27,29)(H,28,30)/b20-15-. The first-order valence-corrected chi connectivity index (χ1v) is 10.2. The molecular formula is C24H26N4O2. The topological polar surface area (TPSA) is 108 Å². The maximum absolute atomic E-state index is 12.6. The van der Waals surface area contributed by atoms with Gasteiger partial charge in [0.25, 0.3) is 11.8 Å². The maximum Gasteiger partial charge on any atom is 0.263 e. The third kappa shape index (κ3) is 5.06. The number of carbonyl (C=O) groups is 2. The number of hydrogen-bond acceptors (Lipinski definition) is 4. The third-order valence-electron chi connectivity index (χ3n) is 5.37. The summed E-state index contributed by atoms with van der Waals surface area (Å²) in [6.07, 6.45) is 6.42. The van der Waals surface area contributed by atoms with Crippen molar-refractivity contribution in [3.05, 3.63) is 76.5 Å². The number of nitrogens with zero attached hydrogens (tertiary/aromatic N) is 1. The van der Waals surface area contributed by atoms with Crippen molar-refractivity contribution in [2.75, 3.05) is 5.73 Å². The fraction of sp³-hybridized carbons (Fsp3) is 0.292. The summed E-state index contributed by atoms with van der Waals surface area (Å²) >= 11 is 0. The number of nitrogens with two attached hydrogens (primary N) is 1. The van der Waals surface area contributed by atoms with Crippen molar-refractivity contribution in [1.29, 1.82) is 5.26 Å². The van der Waals surface area contributed by atoms with Gasteiger partial charge in [-0.05, 0) is 73.1 Å².